The van der Waals surface area contributed by atoms with Gasteiger partial charge >= 0.3 is 0 Å². The largest absolute Gasteiger partial charge is 0.366 e. The average Bonchev–Trinajstić information content (AvgIpc) is 2.59. The van der Waals surface area contributed by atoms with Crippen molar-refractivity contribution in [2.75, 3.05) is 18.4 Å². The van der Waals surface area contributed by atoms with Gasteiger partial charge in [0, 0.05) is 43.5 Å². The van der Waals surface area contributed by atoms with Crippen LogP contribution >= 0.6 is 0 Å². The summed E-state index contributed by atoms with van der Waals surface area (Å²) in [5.41, 5.74) is 1.90. The molecule has 1 saturated heterocycles. The number of nitrogens with zero attached hydrogens (tertiary/aromatic N) is 4. The van der Waals surface area contributed by atoms with E-state index >= 15 is 0 Å². The molecule has 126 valence electrons. The van der Waals surface area contributed by atoms with Crippen LogP contribution in [0.1, 0.15) is 24.0 Å². The number of likely N-dealkylation sites (tertiary alicyclic amines) is 1. The molecule has 1 N–H and O–H groups in total. The van der Waals surface area contributed by atoms with Crippen molar-refractivity contribution in [3.63, 3.8) is 0 Å². The third-order valence-corrected chi connectivity index (χ3v) is 4.39. The molecule has 0 amide bonds. The molecular weight excluding hydrogens is 306 g/mol. The summed E-state index contributed by atoms with van der Waals surface area (Å²) in [4.78, 5) is 13.1. The lowest BCUT2D eigenvalue weighted by molar-refractivity contribution is -0.385. The molecule has 1 aliphatic rings. The fourth-order valence-electron chi connectivity index (χ4n) is 3.03. The van der Waals surface area contributed by atoms with Crippen LogP contribution in [0, 0.1) is 17.0 Å². The summed E-state index contributed by atoms with van der Waals surface area (Å²) in [6.45, 7) is 4.43. The Labute approximate surface area is 140 Å². The van der Waals surface area contributed by atoms with Crippen LogP contribution in [0.25, 0.3) is 0 Å². The normalized spacial score (nSPS) is 16.0. The zero-order valence-electron chi connectivity index (χ0n) is 13.7. The van der Waals surface area contributed by atoms with Crippen molar-refractivity contribution in [1.82, 2.24) is 15.1 Å². The summed E-state index contributed by atoms with van der Waals surface area (Å²) in [6.07, 6.45) is 3.70. The highest BCUT2D eigenvalue weighted by Gasteiger charge is 2.20. The molecule has 1 aromatic heterocycles. The van der Waals surface area contributed by atoms with Crippen LogP contribution in [0.3, 0.4) is 0 Å². The molecule has 1 aromatic carbocycles. The zero-order valence-corrected chi connectivity index (χ0v) is 13.7. The van der Waals surface area contributed by atoms with Gasteiger partial charge in [0.1, 0.15) is 5.82 Å². The summed E-state index contributed by atoms with van der Waals surface area (Å²) in [5, 5.41) is 22.4. The Balaban J connectivity index is 1.54. The first-order chi connectivity index (χ1) is 11.6. The van der Waals surface area contributed by atoms with Gasteiger partial charge in [-0.05, 0) is 37.5 Å². The quantitative estimate of drug-likeness (QED) is 0.671. The van der Waals surface area contributed by atoms with Gasteiger partial charge in [0.2, 0.25) is 0 Å². The lowest BCUT2D eigenvalue weighted by Gasteiger charge is -2.32. The second kappa shape index (κ2) is 7.35. The van der Waals surface area contributed by atoms with Crippen LogP contribution in [-0.2, 0) is 6.54 Å². The SMILES string of the molecule is Cc1ccc(CN2CCC(Nc3cccnn3)CC2)cc1[N+](=O)[O-]. The van der Waals surface area contributed by atoms with Crippen molar-refractivity contribution in [3.8, 4) is 0 Å². The Morgan fingerprint density at radius 3 is 2.79 bits per heavy atom. The van der Waals surface area contributed by atoms with Gasteiger partial charge in [-0.3, -0.25) is 15.0 Å². The molecule has 2 heterocycles. The van der Waals surface area contributed by atoms with Crippen molar-refractivity contribution in [1.29, 1.82) is 0 Å². The molecule has 1 aliphatic heterocycles. The van der Waals surface area contributed by atoms with E-state index in [-0.39, 0.29) is 10.6 Å². The molecule has 0 saturated carbocycles. The number of nitro groups is 1. The van der Waals surface area contributed by atoms with Crippen LogP contribution in [0.15, 0.2) is 36.5 Å². The van der Waals surface area contributed by atoms with E-state index < -0.39 is 0 Å². The topological polar surface area (TPSA) is 84.2 Å². The van der Waals surface area contributed by atoms with Crippen LogP contribution in [0.2, 0.25) is 0 Å². The molecule has 1 fully saturated rings. The van der Waals surface area contributed by atoms with Crippen molar-refractivity contribution in [3.05, 3.63) is 57.8 Å². The van der Waals surface area contributed by atoms with Gasteiger partial charge in [-0.25, -0.2) is 0 Å². The molecule has 0 unspecified atom stereocenters. The summed E-state index contributed by atoms with van der Waals surface area (Å²) in [6, 6.07) is 9.69. The number of aromatic nitrogens is 2. The van der Waals surface area contributed by atoms with E-state index in [2.05, 4.69) is 20.4 Å². The van der Waals surface area contributed by atoms with Gasteiger partial charge in [-0.2, -0.15) is 5.10 Å². The minimum absolute atomic E-state index is 0.201. The van der Waals surface area contributed by atoms with E-state index in [1.165, 1.54) is 0 Å². The van der Waals surface area contributed by atoms with Crippen molar-refractivity contribution >= 4 is 11.5 Å². The maximum Gasteiger partial charge on any atom is 0.272 e. The monoisotopic (exact) mass is 327 g/mol. The van der Waals surface area contributed by atoms with Crippen LogP contribution in [0.4, 0.5) is 11.5 Å². The number of aryl methyl sites for hydroxylation is 1. The Morgan fingerprint density at radius 1 is 1.33 bits per heavy atom. The number of piperidine rings is 1. The van der Waals surface area contributed by atoms with Gasteiger partial charge in [0.05, 0.1) is 4.92 Å². The van der Waals surface area contributed by atoms with Gasteiger partial charge in [0.25, 0.3) is 5.69 Å². The minimum Gasteiger partial charge on any atom is -0.366 e. The molecule has 0 atom stereocenters. The number of nitrogens with one attached hydrogen (secondary N) is 1. The molecule has 7 nitrogen and oxygen atoms in total. The van der Waals surface area contributed by atoms with Gasteiger partial charge in [-0.1, -0.05) is 12.1 Å². The molecule has 24 heavy (non-hydrogen) atoms. The number of hydrogen-bond donors (Lipinski definition) is 1. The van der Waals surface area contributed by atoms with Gasteiger partial charge in [0.15, 0.2) is 0 Å². The van der Waals surface area contributed by atoms with Crippen LogP contribution < -0.4 is 5.32 Å². The predicted octanol–water partition coefficient (Wildman–Crippen LogP) is 2.77. The lowest BCUT2D eigenvalue weighted by Crippen LogP contribution is -2.38. The van der Waals surface area contributed by atoms with Crippen molar-refractivity contribution in [2.24, 2.45) is 0 Å². The van der Waals surface area contributed by atoms with Crippen molar-refractivity contribution in [2.45, 2.75) is 32.4 Å². The van der Waals surface area contributed by atoms with Crippen molar-refractivity contribution < 1.29 is 4.92 Å². The van der Waals surface area contributed by atoms with E-state index in [1.54, 1.807) is 19.2 Å². The first-order valence-electron chi connectivity index (χ1n) is 8.12. The number of nitro benzene ring substituents is 1. The Hall–Kier alpha value is -2.54. The molecule has 2 aromatic rings. The number of benzene rings is 1. The van der Waals surface area contributed by atoms with E-state index in [9.17, 15) is 10.1 Å². The number of anilines is 1. The fourth-order valence-corrected chi connectivity index (χ4v) is 3.03. The second-order valence-corrected chi connectivity index (χ2v) is 6.18. The van der Waals surface area contributed by atoms with Gasteiger partial charge < -0.3 is 5.32 Å². The summed E-state index contributed by atoms with van der Waals surface area (Å²) in [5.74, 6) is 0.810. The zero-order chi connectivity index (χ0) is 16.9. The standard InChI is InChI=1S/C17H21N5O2/c1-13-4-5-14(11-16(13)22(23)24)12-21-9-6-15(7-10-21)19-17-3-2-8-18-20-17/h2-5,8,11,15H,6-7,9-10,12H2,1H3,(H,19,20). The molecule has 0 radical (unpaired) electrons. The smallest absolute Gasteiger partial charge is 0.272 e. The van der Waals surface area contributed by atoms with E-state index in [0.717, 1.165) is 43.9 Å². The maximum absolute atomic E-state index is 11.1. The third kappa shape index (κ3) is 4.05. The summed E-state index contributed by atoms with van der Waals surface area (Å²) < 4.78 is 0. The van der Waals surface area contributed by atoms with Gasteiger partial charge in [-0.15, -0.1) is 5.10 Å². The minimum atomic E-state index is -0.310. The maximum atomic E-state index is 11.1. The number of hydrogen-bond acceptors (Lipinski definition) is 6. The Bertz CT molecular complexity index is 699. The van der Waals surface area contributed by atoms with E-state index in [4.69, 9.17) is 0 Å². The molecule has 0 aliphatic carbocycles. The van der Waals surface area contributed by atoms with E-state index in [1.807, 2.05) is 24.3 Å². The third-order valence-electron chi connectivity index (χ3n) is 4.39. The first-order valence-corrected chi connectivity index (χ1v) is 8.12. The average molecular weight is 327 g/mol. The number of rotatable bonds is 5. The molecule has 7 heteroatoms. The fraction of sp³-hybridized carbons (Fsp3) is 0.412. The highest BCUT2D eigenvalue weighted by Crippen LogP contribution is 2.22. The molecule has 0 spiro atoms. The Morgan fingerprint density at radius 2 is 2.12 bits per heavy atom. The summed E-state index contributed by atoms with van der Waals surface area (Å²) >= 11 is 0. The molecule has 0 bridgehead atoms. The first kappa shape index (κ1) is 16.3. The molecular formula is C17H21N5O2. The Kier molecular flexibility index (Phi) is 5.00. The predicted molar refractivity (Wildman–Crippen MR) is 91.8 cm³/mol. The molecule has 3 rings (SSSR count). The second-order valence-electron chi connectivity index (χ2n) is 6.18. The summed E-state index contributed by atoms with van der Waals surface area (Å²) in [7, 11) is 0. The van der Waals surface area contributed by atoms with Crippen LogP contribution in [0.5, 0.6) is 0 Å². The highest BCUT2D eigenvalue weighted by molar-refractivity contribution is 5.42. The van der Waals surface area contributed by atoms with Crippen LogP contribution in [-0.4, -0.2) is 39.2 Å². The highest BCUT2D eigenvalue weighted by atomic mass is 16.6. The lowest BCUT2D eigenvalue weighted by atomic mass is 10.0. The van der Waals surface area contributed by atoms with E-state index in [0.29, 0.717) is 11.6 Å².